The molecule has 2 aromatic rings. The summed E-state index contributed by atoms with van der Waals surface area (Å²) in [5.41, 5.74) is 3.39. The Balaban J connectivity index is 2.10. The van der Waals surface area contributed by atoms with Gasteiger partial charge >= 0.3 is 0 Å². The molecule has 0 unspecified atom stereocenters. The summed E-state index contributed by atoms with van der Waals surface area (Å²) < 4.78 is 3.32. The predicted octanol–water partition coefficient (Wildman–Crippen LogP) is 5.23. The molecule has 19 heavy (non-hydrogen) atoms. The average Bonchev–Trinajstić information content (AvgIpc) is 2.80. The third-order valence-electron chi connectivity index (χ3n) is 3.10. The second-order valence-electron chi connectivity index (χ2n) is 4.63. The molecule has 0 fully saturated rings. The van der Waals surface area contributed by atoms with Crippen LogP contribution in [0.25, 0.3) is 0 Å². The molecule has 1 aromatic carbocycles. The summed E-state index contributed by atoms with van der Waals surface area (Å²) >= 11 is 9.73. The van der Waals surface area contributed by atoms with Crippen molar-refractivity contribution < 1.29 is 0 Å². The summed E-state index contributed by atoms with van der Waals surface area (Å²) in [4.78, 5) is 0. The van der Waals surface area contributed by atoms with Gasteiger partial charge in [0.1, 0.15) is 0 Å². The Kier molecular flexibility index (Phi) is 4.94. The van der Waals surface area contributed by atoms with Gasteiger partial charge in [-0.1, -0.05) is 18.5 Å². The Bertz CT molecular complexity index is 563. The maximum atomic E-state index is 6.16. The first-order valence-corrected chi connectivity index (χ1v) is 7.62. The molecule has 0 aliphatic heterocycles. The summed E-state index contributed by atoms with van der Waals surface area (Å²) in [5.74, 6) is 0. The normalized spacial score (nSPS) is 10.7. The van der Waals surface area contributed by atoms with Crippen molar-refractivity contribution in [2.75, 3.05) is 5.32 Å². The molecule has 2 nitrogen and oxygen atoms in total. The molecule has 2 rings (SSSR count). The third-order valence-corrected chi connectivity index (χ3v) is 4.16. The fourth-order valence-corrected chi connectivity index (χ4v) is 2.80. The molecule has 0 amide bonds. The number of nitrogens with zero attached hydrogens (tertiary/aromatic N) is 1. The van der Waals surface area contributed by atoms with Crippen molar-refractivity contribution in [3.05, 3.63) is 51.2 Å². The Morgan fingerprint density at radius 2 is 2.16 bits per heavy atom. The molecule has 4 heteroatoms. The number of rotatable bonds is 5. The van der Waals surface area contributed by atoms with Crippen LogP contribution in [0.3, 0.4) is 0 Å². The van der Waals surface area contributed by atoms with Gasteiger partial charge in [0.25, 0.3) is 0 Å². The van der Waals surface area contributed by atoms with Gasteiger partial charge in [-0.25, -0.2) is 0 Å². The van der Waals surface area contributed by atoms with Crippen LogP contribution in [-0.4, -0.2) is 4.57 Å². The molecule has 0 saturated heterocycles. The molecule has 0 atom stereocenters. The molecule has 0 radical (unpaired) electrons. The van der Waals surface area contributed by atoms with Crippen molar-refractivity contribution in [1.29, 1.82) is 0 Å². The van der Waals surface area contributed by atoms with Crippen LogP contribution in [0.5, 0.6) is 0 Å². The SMILES string of the molecule is CCCn1cccc1CNc1cc(Cl)c(C)cc1Br. The van der Waals surface area contributed by atoms with Gasteiger partial charge in [-0.15, -0.1) is 0 Å². The van der Waals surface area contributed by atoms with Crippen LogP contribution in [-0.2, 0) is 13.1 Å². The Labute approximate surface area is 127 Å². The van der Waals surface area contributed by atoms with Crippen LogP contribution >= 0.6 is 27.5 Å². The maximum Gasteiger partial charge on any atom is 0.0553 e. The van der Waals surface area contributed by atoms with E-state index in [0.29, 0.717) is 0 Å². The van der Waals surface area contributed by atoms with Gasteiger partial charge in [0.05, 0.1) is 12.2 Å². The lowest BCUT2D eigenvalue weighted by molar-refractivity contribution is 0.654. The smallest absolute Gasteiger partial charge is 0.0553 e. The van der Waals surface area contributed by atoms with Crippen LogP contribution in [0.2, 0.25) is 5.02 Å². The standard InChI is InChI=1S/C15H18BrClN2/c1-3-6-19-7-4-5-12(19)10-18-15-9-14(17)11(2)8-13(15)16/h4-5,7-9,18H,3,6,10H2,1-2H3. The summed E-state index contributed by atoms with van der Waals surface area (Å²) in [6.07, 6.45) is 3.26. The van der Waals surface area contributed by atoms with E-state index in [1.54, 1.807) is 0 Å². The number of nitrogens with one attached hydrogen (secondary N) is 1. The lowest BCUT2D eigenvalue weighted by atomic mass is 10.2. The third kappa shape index (κ3) is 3.54. The van der Waals surface area contributed by atoms with Gasteiger partial charge in [0.2, 0.25) is 0 Å². The number of anilines is 1. The zero-order chi connectivity index (χ0) is 13.8. The molecule has 0 bridgehead atoms. The Morgan fingerprint density at radius 3 is 2.89 bits per heavy atom. The number of benzene rings is 1. The highest BCUT2D eigenvalue weighted by molar-refractivity contribution is 9.10. The van der Waals surface area contributed by atoms with Crippen LogP contribution in [0.4, 0.5) is 5.69 Å². The largest absolute Gasteiger partial charge is 0.379 e. The van der Waals surface area contributed by atoms with Crippen LogP contribution in [0, 0.1) is 6.92 Å². The zero-order valence-corrected chi connectivity index (χ0v) is 13.6. The lowest BCUT2D eigenvalue weighted by Gasteiger charge is -2.12. The molecule has 102 valence electrons. The monoisotopic (exact) mass is 340 g/mol. The van der Waals surface area contributed by atoms with Crippen molar-refractivity contribution in [2.24, 2.45) is 0 Å². The van der Waals surface area contributed by atoms with Gasteiger partial charge in [-0.05, 0) is 59.1 Å². The van der Waals surface area contributed by atoms with E-state index < -0.39 is 0 Å². The number of hydrogen-bond donors (Lipinski definition) is 1. The van der Waals surface area contributed by atoms with Crippen molar-refractivity contribution in [2.45, 2.75) is 33.4 Å². The van der Waals surface area contributed by atoms with E-state index in [1.807, 2.05) is 19.1 Å². The fourth-order valence-electron chi connectivity index (χ4n) is 2.04. The topological polar surface area (TPSA) is 17.0 Å². The molecule has 1 aromatic heterocycles. The summed E-state index contributed by atoms with van der Waals surface area (Å²) in [5, 5.41) is 4.22. The van der Waals surface area contributed by atoms with E-state index in [9.17, 15) is 0 Å². The minimum atomic E-state index is 0.787. The Hall–Kier alpha value is -0.930. The molecular weight excluding hydrogens is 324 g/mol. The number of aryl methyl sites for hydroxylation is 2. The van der Waals surface area contributed by atoms with Crippen molar-refractivity contribution in [1.82, 2.24) is 4.57 Å². The van der Waals surface area contributed by atoms with E-state index in [4.69, 9.17) is 11.6 Å². The predicted molar refractivity (Wildman–Crippen MR) is 85.9 cm³/mol. The van der Waals surface area contributed by atoms with E-state index in [1.165, 1.54) is 5.69 Å². The lowest BCUT2D eigenvalue weighted by Crippen LogP contribution is -2.07. The summed E-state index contributed by atoms with van der Waals surface area (Å²) in [7, 11) is 0. The van der Waals surface area contributed by atoms with Gasteiger partial charge < -0.3 is 9.88 Å². The molecule has 1 N–H and O–H groups in total. The second-order valence-corrected chi connectivity index (χ2v) is 5.89. The van der Waals surface area contributed by atoms with Gasteiger partial charge in [0, 0.05) is 27.9 Å². The van der Waals surface area contributed by atoms with Crippen molar-refractivity contribution >= 4 is 33.2 Å². The molecular formula is C15H18BrClN2. The Morgan fingerprint density at radius 1 is 1.37 bits per heavy atom. The van der Waals surface area contributed by atoms with Gasteiger partial charge in [-0.3, -0.25) is 0 Å². The first-order valence-electron chi connectivity index (χ1n) is 6.45. The highest BCUT2D eigenvalue weighted by atomic mass is 79.9. The zero-order valence-electron chi connectivity index (χ0n) is 11.2. The molecule has 0 spiro atoms. The molecule has 0 aliphatic rings. The van der Waals surface area contributed by atoms with Crippen LogP contribution in [0.15, 0.2) is 34.9 Å². The highest BCUT2D eigenvalue weighted by Gasteiger charge is 2.05. The van der Waals surface area contributed by atoms with Gasteiger partial charge in [-0.2, -0.15) is 0 Å². The van der Waals surface area contributed by atoms with E-state index in [0.717, 1.165) is 40.3 Å². The minimum Gasteiger partial charge on any atom is -0.379 e. The average molecular weight is 342 g/mol. The van der Waals surface area contributed by atoms with E-state index >= 15 is 0 Å². The first-order chi connectivity index (χ1) is 9.11. The van der Waals surface area contributed by atoms with Crippen LogP contribution in [0.1, 0.15) is 24.6 Å². The second kappa shape index (κ2) is 6.49. The number of halogens is 2. The first kappa shape index (κ1) is 14.5. The van der Waals surface area contributed by atoms with Crippen molar-refractivity contribution in [3.8, 4) is 0 Å². The summed E-state index contributed by atoms with van der Waals surface area (Å²) in [6, 6.07) is 8.24. The maximum absolute atomic E-state index is 6.16. The molecule has 1 heterocycles. The van der Waals surface area contributed by atoms with E-state index in [2.05, 4.69) is 51.1 Å². The molecule has 0 aliphatic carbocycles. The van der Waals surface area contributed by atoms with Crippen LogP contribution < -0.4 is 5.32 Å². The fraction of sp³-hybridized carbons (Fsp3) is 0.333. The number of aromatic nitrogens is 1. The minimum absolute atomic E-state index is 0.787. The van der Waals surface area contributed by atoms with Gasteiger partial charge in [0.15, 0.2) is 0 Å². The summed E-state index contributed by atoms with van der Waals surface area (Å²) in [6.45, 7) is 6.04. The van der Waals surface area contributed by atoms with E-state index in [-0.39, 0.29) is 0 Å². The quantitative estimate of drug-likeness (QED) is 0.787. The van der Waals surface area contributed by atoms with Crippen molar-refractivity contribution in [3.63, 3.8) is 0 Å². The number of hydrogen-bond acceptors (Lipinski definition) is 1. The molecule has 0 saturated carbocycles. The highest BCUT2D eigenvalue weighted by Crippen LogP contribution is 2.29.